The van der Waals surface area contributed by atoms with Gasteiger partial charge in [-0.2, -0.15) is 0 Å². The molecule has 2 saturated heterocycles. The lowest BCUT2D eigenvalue weighted by atomic mass is 10.2. The highest BCUT2D eigenvalue weighted by Gasteiger charge is 2.38. The number of morpholine rings is 1. The van der Waals surface area contributed by atoms with Gasteiger partial charge in [0.25, 0.3) is 0 Å². The summed E-state index contributed by atoms with van der Waals surface area (Å²) in [5.41, 5.74) is 0. The zero-order valence-corrected chi connectivity index (χ0v) is 12.2. The Hall–Kier alpha value is -1.82. The van der Waals surface area contributed by atoms with Gasteiger partial charge in [0, 0.05) is 19.5 Å². The maximum atomic E-state index is 12.6. The molecule has 0 saturated carbocycles. The average Bonchev–Trinajstić information content (AvgIpc) is 3.07. The van der Waals surface area contributed by atoms with Crippen LogP contribution < -0.4 is 0 Å². The zero-order valence-electron chi connectivity index (χ0n) is 12.2. The molecule has 0 spiro atoms. The standard InChI is InChI=1S/C15H20N2O4/c1-11-2-3-12(21-11)10-17-13(4-5-14(17)18)15(19)16-6-8-20-9-7-16/h2-3,13H,4-10H2,1H3. The van der Waals surface area contributed by atoms with Crippen LogP contribution in [0.2, 0.25) is 0 Å². The first kappa shape index (κ1) is 14.1. The van der Waals surface area contributed by atoms with Crippen molar-refractivity contribution in [2.45, 2.75) is 32.4 Å². The molecule has 1 atom stereocenters. The summed E-state index contributed by atoms with van der Waals surface area (Å²) in [5, 5.41) is 0. The summed E-state index contributed by atoms with van der Waals surface area (Å²) in [6.45, 7) is 4.60. The van der Waals surface area contributed by atoms with Crippen LogP contribution in [-0.4, -0.2) is 54.0 Å². The van der Waals surface area contributed by atoms with E-state index in [2.05, 4.69) is 0 Å². The van der Waals surface area contributed by atoms with Crippen molar-refractivity contribution in [2.24, 2.45) is 0 Å². The average molecular weight is 292 g/mol. The van der Waals surface area contributed by atoms with E-state index in [4.69, 9.17) is 9.15 Å². The lowest BCUT2D eigenvalue weighted by Gasteiger charge is -2.32. The van der Waals surface area contributed by atoms with E-state index in [1.807, 2.05) is 19.1 Å². The molecule has 1 aromatic rings. The lowest BCUT2D eigenvalue weighted by molar-refractivity contribution is -0.144. The van der Waals surface area contributed by atoms with Gasteiger partial charge in [0.15, 0.2) is 0 Å². The number of nitrogens with zero attached hydrogens (tertiary/aromatic N) is 2. The summed E-state index contributed by atoms with van der Waals surface area (Å²) in [6.07, 6.45) is 1.02. The molecule has 21 heavy (non-hydrogen) atoms. The third-order valence-electron chi connectivity index (χ3n) is 4.06. The van der Waals surface area contributed by atoms with Crippen LogP contribution in [0, 0.1) is 6.92 Å². The van der Waals surface area contributed by atoms with E-state index in [1.54, 1.807) is 9.80 Å². The highest BCUT2D eigenvalue weighted by Crippen LogP contribution is 2.24. The molecule has 1 unspecified atom stereocenters. The molecule has 6 heteroatoms. The lowest BCUT2D eigenvalue weighted by Crippen LogP contribution is -2.50. The molecule has 1 aromatic heterocycles. The highest BCUT2D eigenvalue weighted by molar-refractivity contribution is 5.90. The van der Waals surface area contributed by atoms with Crippen LogP contribution in [0.3, 0.4) is 0 Å². The smallest absolute Gasteiger partial charge is 0.245 e. The Morgan fingerprint density at radius 3 is 2.76 bits per heavy atom. The number of aryl methyl sites for hydroxylation is 1. The highest BCUT2D eigenvalue weighted by atomic mass is 16.5. The fraction of sp³-hybridized carbons (Fsp3) is 0.600. The minimum Gasteiger partial charge on any atom is -0.464 e. The van der Waals surface area contributed by atoms with Crippen molar-refractivity contribution in [1.82, 2.24) is 9.80 Å². The molecule has 3 rings (SSSR count). The van der Waals surface area contributed by atoms with Crippen molar-refractivity contribution in [3.8, 4) is 0 Å². The van der Waals surface area contributed by atoms with Gasteiger partial charge >= 0.3 is 0 Å². The van der Waals surface area contributed by atoms with Gasteiger partial charge in [0.05, 0.1) is 19.8 Å². The third kappa shape index (κ3) is 2.95. The summed E-state index contributed by atoms with van der Waals surface area (Å²) < 4.78 is 10.8. The van der Waals surface area contributed by atoms with Crippen LogP contribution in [0.15, 0.2) is 16.5 Å². The predicted molar refractivity (Wildman–Crippen MR) is 74.4 cm³/mol. The largest absolute Gasteiger partial charge is 0.464 e. The minimum absolute atomic E-state index is 0.0238. The van der Waals surface area contributed by atoms with Gasteiger partial charge in [0.2, 0.25) is 11.8 Å². The molecular weight excluding hydrogens is 272 g/mol. The van der Waals surface area contributed by atoms with Crippen molar-refractivity contribution >= 4 is 11.8 Å². The van der Waals surface area contributed by atoms with E-state index in [9.17, 15) is 9.59 Å². The quantitative estimate of drug-likeness (QED) is 0.831. The Balaban J connectivity index is 1.70. The molecule has 3 heterocycles. The Morgan fingerprint density at radius 1 is 1.33 bits per heavy atom. The normalized spacial score (nSPS) is 22.9. The summed E-state index contributed by atoms with van der Waals surface area (Å²) in [7, 11) is 0. The Labute approximate surface area is 123 Å². The second-order valence-corrected chi connectivity index (χ2v) is 5.53. The molecule has 0 aliphatic carbocycles. The molecular formula is C15H20N2O4. The van der Waals surface area contributed by atoms with Crippen LogP contribution in [-0.2, 0) is 20.9 Å². The van der Waals surface area contributed by atoms with Crippen molar-refractivity contribution in [2.75, 3.05) is 26.3 Å². The summed E-state index contributed by atoms with van der Waals surface area (Å²) >= 11 is 0. The van der Waals surface area contributed by atoms with Crippen molar-refractivity contribution < 1.29 is 18.7 Å². The van der Waals surface area contributed by atoms with E-state index < -0.39 is 0 Å². The fourth-order valence-electron chi connectivity index (χ4n) is 2.92. The van der Waals surface area contributed by atoms with E-state index in [1.165, 1.54) is 0 Å². The summed E-state index contributed by atoms with van der Waals surface area (Å²) in [4.78, 5) is 28.1. The van der Waals surface area contributed by atoms with Gasteiger partial charge in [-0.1, -0.05) is 0 Å². The number of hydrogen-bond donors (Lipinski definition) is 0. The molecule has 0 aromatic carbocycles. The number of ether oxygens (including phenoxy) is 1. The minimum atomic E-state index is -0.360. The number of furan rings is 1. The second kappa shape index (κ2) is 5.89. The van der Waals surface area contributed by atoms with Gasteiger partial charge in [-0.15, -0.1) is 0 Å². The predicted octanol–water partition coefficient (Wildman–Crippen LogP) is 0.938. The molecule has 2 aliphatic rings. The molecule has 0 bridgehead atoms. The van der Waals surface area contributed by atoms with E-state index in [-0.39, 0.29) is 17.9 Å². The second-order valence-electron chi connectivity index (χ2n) is 5.53. The number of rotatable bonds is 3. The molecule has 0 radical (unpaired) electrons. The van der Waals surface area contributed by atoms with Crippen LogP contribution in [0.1, 0.15) is 24.4 Å². The molecule has 114 valence electrons. The Morgan fingerprint density at radius 2 is 2.10 bits per heavy atom. The fourth-order valence-corrected chi connectivity index (χ4v) is 2.92. The van der Waals surface area contributed by atoms with Crippen LogP contribution in [0.4, 0.5) is 0 Å². The monoisotopic (exact) mass is 292 g/mol. The maximum absolute atomic E-state index is 12.6. The van der Waals surface area contributed by atoms with E-state index in [0.717, 1.165) is 11.5 Å². The molecule has 0 N–H and O–H groups in total. The van der Waals surface area contributed by atoms with Crippen LogP contribution in [0.5, 0.6) is 0 Å². The first-order valence-corrected chi connectivity index (χ1v) is 7.36. The third-order valence-corrected chi connectivity index (χ3v) is 4.06. The van der Waals surface area contributed by atoms with Crippen molar-refractivity contribution in [3.63, 3.8) is 0 Å². The SMILES string of the molecule is Cc1ccc(CN2C(=O)CCC2C(=O)N2CCOCC2)o1. The maximum Gasteiger partial charge on any atom is 0.245 e. The summed E-state index contributed by atoms with van der Waals surface area (Å²) in [5.74, 6) is 1.60. The first-order chi connectivity index (χ1) is 10.1. The number of carbonyl (C=O) groups excluding carboxylic acids is 2. The number of carbonyl (C=O) groups is 2. The number of hydrogen-bond acceptors (Lipinski definition) is 4. The molecule has 6 nitrogen and oxygen atoms in total. The van der Waals surface area contributed by atoms with Gasteiger partial charge in [-0.25, -0.2) is 0 Å². The Bertz CT molecular complexity index is 534. The van der Waals surface area contributed by atoms with Gasteiger partial charge < -0.3 is 19.0 Å². The van der Waals surface area contributed by atoms with E-state index in [0.29, 0.717) is 45.7 Å². The molecule has 2 aliphatic heterocycles. The van der Waals surface area contributed by atoms with Crippen LogP contribution in [0.25, 0.3) is 0 Å². The van der Waals surface area contributed by atoms with Gasteiger partial charge in [-0.05, 0) is 25.5 Å². The topological polar surface area (TPSA) is 63.0 Å². The molecule has 2 fully saturated rings. The zero-order chi connectivity index (χ0) is 14.8. The summed E-state index contributed by atoms with van der Waals surface area (Å²) in [6, 6.07) is 3.37. The van der Waals surface area contributed by atoms with E-state index >= 15 is 0 Å². The van der Waals surface area contributed by atoms with Crippen molar-refractivity contribution in [3.05, 3.63) is 23.7 Å². The first-order valence-electron chi connectivity index (χ1n) is 7.36. The van der Waals surface area contributed by atoms with Crippen molar-refractivity contribution in [1.29, 1.82) is 0 Å². The van der Waals surface area contributed by atoms with Crippen LogP contribution >= 0.6 is 0 Å². The number of likely N-dealkylation sites (tertiary alicyclic amines) is 1. The van der Waals surface area contributed by atoms with Gasteiger partial charge in [0.1, 0.15) is 17.6 Å². The Kier molecular flexibility index (Phi) is 3.96. The molecule has 2 amide bonds. The number of amides is 2. The van der Waals surface area contributed by atoms with Gasteiger partial charge in [-0.3, -0.25) is 9.59 Å².